The van der Waals surface area contributed by atoms with Gasteiger partial charge in [-0.3, -0.25) is 9.59 Å². The van der Waals surface area contributed by atoms with E-state index in [0.29, 0.717) is 5.75 Å². The number of anilines is 1. The molecule has 0 radical (unpaired) electrons. The predicted molar refractivity (Wildman–Crippen MR) is 92.1 cm³/mol. The SMILES string of the molecule is COC(=O)Cc1ccc(O[C@@H](C)C(=O)Nc2cccc(C)c2)cc1. The van der Waals surface area contributed by atoms with Gasteiger partial charge in [0.1, 0.15) is 5.75 Å². The summed E-state index contributed by atoms with van der Waals surface area (Å²) in [5.74, 6) is 0.0457. The number of amides is 1. The molecule has 126 valence electrons. The summed E-state index contributed by atoms with van der Waals surface area (Å²) < 4.78 is 10.3. The first-order valence-electron chi connectivity index (χ1n) is 7.68. The average Bonchev–Trinajstić information content (AvgIpc) is 2.56. The van der Waals surface area contributed by atoms with Crippen LogP contribution < -0.4 is 10.1 Å². The lowest BCUT2D eigenvalue weighted by molar-refractivity contribution is -0.139. The van der Waals surface area contributed by atoms with Crippen LogP contribution in [0.1, 0.15) is 18.1 Å². The molecule has 0 fully saturated rings. The van der Waals surface area contributed by atoms with Crippen molar-refractivity contribution in [2.75, 3.05) is 12.4 Å². The van der Waals surface area contributed by atoms with E-state index < -0.39 is 6.10 Å². The van der Waals surface area contributed by atoms with Crippen LogP contribution in [-0.4, -0.2) is 25.1 Å². The summed E-state index contributed by atoms with van der Waals surface area (Å²) in [5, 5.41) is 2.82. The number of carbonyl (C=O) groups is 2. The third kappa shape index (κ3) is 5.12. The Morgan fingerprint density at radius 1 is 1.12 bits per heavy atom. The monoisotopic (exact) mass is 327 g/mol. The van der Waals surface area contributed by atoms with Crippen LogP contribution in [0.25, 0.3) is 0 Å². The smallest absolute Gasteiger partial charge is 0.309 e. The molecule has 1 atom stereocenters. The number of hydrogen-bond acceptors (Lipinski definition) is 4. The number of nitrogens with one attached hydrogen (secondary N) is 1. The lowest BCUT2D eigenvalue weighted by Gasteiger charge is -2.15. The van der Waals surface area contributed by atoms with E-state index in [1.807, 2.05) is 31.2 Å². The molecule has 1 N–H and O–H groups in total. The van der Waals surface area contributed by atoms with Crippen LogP contribution in [0.2, 0.25) is 0 Å². The summed E-state index contributed by atoms with van der Waals surface area (Å²) in [6.45, 7) is 3.65. The Morgan fingerprint density at radius 2 is 1.83 bits per heavy atom. The van der Waals surface area contributed by atoms with Crippen LogP contribution in [0.15, 0.2) is 48.5 Å². The molecular weight excluding hydrogens is 306 g/mol. The summed E-state index contributed by atoms with van der Waals surface area (Å²) in [6, 6.07) is 14.6. The number of rotatable bonds is 6. The molecule has 0 saturated heterocycles. The van der Waals surface area contributed by atoms with Crippen molar-refractivity contribution in [3.8, 4) is 5.75 Å². The third-order valence-electron chi connectivity index (χ3n) is 3.47. The van der Waals surface area contributed by atoms with E-state index in [4.69, 9.17) is 4.74 Å². The zero-order valence-corrected chi connectivity index (χ0v) is 14.0. The Morgan fingerprint density at radius 3 is 2.46 bits per heavy atom. The first-order valence-corrected chi connectivity index (χ1v) is 7.68. The fraction of sp³-hybridized carbons (Fsp3) is 0.263. The van der Waals surface area contributed by atoms with Crippen LogP contribution in [0.5, 0.6) is 5.75 Å². The molecule has 2 aromatic rings. The van der Waals surface area contributed by atoms with Gasteiger partial charge < -0.3 is 14.8 Å². The van der Waals surface area contributed by atoms with E-state index in [2.05, 4.69) is 10.1 Å². The van der Waals surface area contributed by atoms with Gasteiger partial charge in [-0.25, -0.2) is 0 Å². The number of methoxy groups -OCH3 is 1. The zero-order valence-electron chi connectivity index (χ0n) is 14.0. The van der Waals surface area contributed by atoms with Gasteiger partial charge in [-0.1, -0.05) is 24.3 Å². The van der Waals surface area contributed by atoms with Crippen molar-refractivity contribution >= 4 is 17.6 Å². The van der Waals surface area contributed by atoms with Crippen molar-refractivity contribution in [2.45, 2.75) is 26.4 Å². The lowest BCUT2D eigenvalue weighted by Crippen LogP contribution is -2.30. The second-order valence-electron chi connectivity index (χ2n) is 5.52. The summed E-state index contributed by atoms with van der Waals surface area (Å²) >= 11 is 0. The summed E-state index contributed by atoms with van der Waals surface area (Å²) in [4.78, 5) is 23.4. The Balaban J connectivity index is 1.92. The molecular formula is C19H21NO4. The zero-order chi connectivity index (χ0) is 17.5. The normalized spacial score (nSPS) is 11.5. The highest BCUT2D eigenvalue weighted by Crippen LogP contribution is 2.16. The van der Waals surface area contributed by atoms with Gasteiger partial charge in [0.25, 0.3) is 5.91 Å². The average molecular weight is 327 g/mol. The maximum absolute atomic E-state index is 12.2. The van der Waals surface area contributed by atoms with E-state index in [1.165, 1.54) is 7.11 Å². The minimum absolute atomic E-state index is 0.209. The molecule has 0 saturated carbocycles. The summed E-state index contributed by atoms with van der Waals surface area (Å²) in [5.41, 5.74) is 2.64. The quantitative estimate of drug-likeness (QED) is 0.828. The summed E-state index contributed by atoms with van der Waals surface area (Å²) in [7, 11) is 1.36. The second kappa shape index (κ2) is 8.15. The van der Waals surface area contributed by atoms with Crippen molar-refractivity contribution < 1.29 is 19.1 Å². The molecule has 0 bridgehead atoms. The first kappa shape index (κ1) is 17.5. The predicted octanol–water partition coefficient (Wildman–Crippen LogP) is 3.12. The maximum atomic E-state index is 12.2. The van der Waals surface area contributed by atoms with Crippen LogP contribution in [-0.2, 0) is 20.7 Å². The van der Waals surface area contributed by atoms with E-state index in [9.17, 15) is 9.59 Å². The first-order chi connectivity index (χ1) is 11.5. The molecule has 0 aromatic heterocycles. The number of esters is 1. The van der Waals surface area contributed by atoms with Crippen molar-refractivity contribution in [3.63, 3.8) is 0 Å². The van der Waals surface area contributed by atoms with E-state index in [0.717, 1.165) is 16.8 Å². The molecule has 2 aromatic carbocycles. The molecule has 5 heteroatoms. The Kier molecular flexibility index (Phi) is 5.95. The maximum Gasteiger partial charge on any atom is 0.309 e. The molecule has 0 aliphatic rings. The number of hydrogen-bond donors (Lipinski definition) is 1. The van der Waals surface area contributed by atoms with Gasteiger partial charge in [0.2, 0.25) is 0 Å². The molecule has 0 aliphatic carbocycles. The Labute approximate surface area is 141 Å². The van der Waals surface area contributed by atoms with Crippen molar-refractivity contribution in [1.29, 1.82) is 0 Å². The van der Waals surface area contributed by atoms with Gasteiger partial charge >= 0.3 is 5.97 Å². The van der Waals surface area contributed by atoms with Crippen LogP contribution in [0.4, 0.5) is 5.69 Å². The molecule has 24 heavy (non-hydrogen) atoms. The minimum Gasteiger partial charge on any atom is -0.481 e. The Bertz CT molecular complexity index is 710. The number of ether oxygens (including phenoxy) is 2. The van der Waals surface area contributed by atoms with Crippen molar-refractivity contribution in [2.24, 2.45) is 0 Å². The second-order valence-corrected chi connectivity index (χ2v) is 5.52. The molecule has 5 nitrogen and oxygen atoms in total. The van der Waals surface area contributed by atoms with Crippen LogP contribution in [0.3, 0.4) is 0 Å². The number of aryl methyl sites for hydroxylation is 1. The highest BCUT2D eigenvalue weighted by molar-refractivity contribution is 5.94. The fourth-order valence-electron chi connectivity index (χ4n) is 2.15. The minimum atomic E-state index is -0.642. The van der Waals surface area contributed by atoms with E-state index in [-0.39, 0.29) is 18.3 Å². The van der Waals surface area contributed by atoms with Gasteiger partial charge in [0.15, 0.2) is 6.10 Å². The lowest BCUT2D eigenvalue weighted by atomic mass is 10.1. The number of carbonyl (C=O) groups excluding carboxylic acids is 2. The standard InChI is InChI=1S/C19H21NO4/c1-13-5-4-6-16(11-13)20-19(22)14(2)24-17-9-7-15(8-10-17)12-18(21)23-3/h4-11,14H,12H2,1-3H3,(H,20,22)/t14-/m0/s1. The highest BCUT2D eigenvalue weighted by atomic mass is 16.5. The topological polar surface area (TPSA) is 64.6 Å². The van der Waals surface area contributed by atoms with Crippen molar-refractivity contribution in [1.82, 2.24) is 0 Å². The summed E-state index contributed by atoms with van der Waals surface area (Å²) in [6.07, 6.45) is -0.433. The molecule has 1 amide bonds. The third-order valence-corrected chi connectivity index (χ3v) is 3.47. The highest BCUT2D eigenvalue weighted by Gasteiger charge is 2.15. The number of benzene rings is 2. The molecule has 0 spiro atoms. The fourth-order valence-corrected chi connectivity index (χ4v) is 2.15. The molecule has 0 aliphatic heterocycles. The van der Waals surface area contributed by atoms with Gasteiger partial charge in [-0.2, -0.15) is 0 Å². The van der Waals surface area contributed by atoms with Crippen LogP contribution >= 0.6 is 0 Å². The van der Waals surface area contributed by atoms with Crippen molar-refractivity contribution in [3.05, 3.63) is 59.7 Å². The molecule has 2 rings (SSSR count). The van der Waals surface area contributed by atoms with Gasteiger partial charge in [0, 0.05) is 5.69 Å². The largest absolute Gasteiger partial charge is 0.481 e. The van der Waals surface area contributed by atoms with Crippen LogP contribution in [0, 0.1) is 6.92 Å². The van der Waals surface area contributed by atoms with E-state index >= 15 is 0 Å². The van der Waals surface area contributed by atoms with Gasteiger partial charge in [0.05, 0.1) is 13.5 Å². The van der Waals surface area contributed by atoms with Gasteiger partial charge in [-0.15, -0.1) is 0 Å². The Hall–Kier alpha value is -2.82. The molecule has 0 heterocycles. The molecule has 0 unspecified atom stereocenters. The van der Waals surface area contributed by atoms with E-state index in [1.54, 1.807) is 31.2 Å². The van der Waals surface area contributed by atoms with Gasteiger partial charge in [-0.05, 0) is 49.2 Å².